The fraction of sp³-hybridized carbons (Fsp3) is 0.154. The van der Waals surface area contributed by atoms with Gasteiger partial charge in [-0.05, 0) is 31.2 Å². The normalized spacial score (nSPS) is 12.1. The van der Waals surface area contributed by atoms with Crippen molar-refractivity contribution in [2.45, 2.75) is 12.3 Å². The average Bonchev–Trinajstić information content (AvgIpc) is 2.81. The maximum atomic E-state index is 11.8. The van der Waals surface area contributed by atoms with Gasteiger partial charge in [-0.25, -0.2) is 0 Å². The van der Waals surface area contributed by atoms with Gasteiger partial charge in [-0.1, -0.05) is 12.1 Å². The van der Waals surface area contributed by atoms with Gasteiger partial charge in [-0.2, -0.15) is 0 Å². The number of phenols is 1. The Morgan fingerprint density at radius 3 is 2.67 bits per heavy atom. The second-order valence-electron chi connectivity index (χ2n) is 3.79. The van der Waals surface area contributed by atoms with Crippen molar-refractivity contribution in [3.63, 3.8) is 0 Å². The lowest BCUT2D eigenvalue weighted by atomic mass is 10.3. The van der Waals surface area contributed by atoms with Gasteiger partial charge in [0.25, 0.3) is 5.91 Å². The number of nitrogens with one attached hydrogen (secondary N) is 1. The first kappa shape index (κ1) is 12.5. The molecule has 1 atom stereocenters. The molecular formula is C13H12ClNO3. The molecule has 5 heteroatoms. The number of benzene rings is 1. The first-order valence-corrected chi connectivity index (χ1v) is 5.84. The van der Waals surface area contributed by atoms with E-state index in [1.807, 2.05) is 0 Å². The Morgan fingerprint density at radius 2 is 2.06 bits per heavy atom. The molecule has 0 aliphatic rings. The fourth-order valence-electron chi connectivity index (χ4n) is 1.45. The van der Waals surface area contributed by atoms with E-state index in [2.05, 4.69) is 5.32 Å². The van der Waals surface area contributed by atoms with Crippen molar-refractivity contribution >= 4 is 23.2 Å². The Kier molecular flexibility index (Phi) is 3.58. The zero-order valence-corrected chi connectivity index (χ0v) is 10.4. The van der Waals surface area contributed by atoms with Crippen molar-refractivity contribution in [3.05, 3.63) is 47.9 Å². The summed E-state index contributed by atoms with van der Waals surface area (Å²) in [6.45, 7) is 1.76. The molecule has 0 aliphatic carbocycles. The van der Waals surface area contributed by atoms with Gasteiger partial charge >= 0.3 is 0 Å². The van der Waals surface area contributed by atoms with Crippen LogP contribution in [-0.4, -0.2) is 11.0 Å². The highest BCUT2D eigenvalue weighted by Crippen LogP contribution is 2.24. The number of carbonyl (C=O) groups is 1. The number of halogens is 1. The largest absolute Gasteiger partial charge is 0.506 e. The second kappa shape index (κ2) is 5.14. The van der Waals surface area contributed by atoms with Crippen LogP contribution in [0.2, 0.25) is 0 Å². The van der Waals surface area contributed by atoms with Crippen LogP contribution in [0.15, 0.2) is 40.8 Å². The summed E-state index contributed by atoms with van der Waals surface area (Å²) in [4.78, 5) is 11.8. The Balaban J connectivity index is 2.15. The zero-order chi connectivity index (χ0) is 13.1. The van der Waals surface area contributed by atoms with Crippen LogP contribution in [0.3, 0.4) is 0 Å². The standard InChI is InChI=1S/C13H12ClNO3/c1-8(14)11-6-7-12(18-11)13(17)15-9-4-2-3-5-10(9)16/h2-8,16H,1H3,(H,15,17). The summed E-state index contributed by atoms with van der Waals surface area (Å²) >= 11 is 5.84. The molecule has 1 aromatic carbocycles. The van der Waals surface area contributed by atoms with Crippen LogP contribution >= 0.6 is 11.6 Å². The summed E-state index contributed by atoms with van der Waals surface area (Å²) in [7, 11) is 0. The number of furan rings is 1. The predicted octanol–water partition coefficient (Wildman–Crippen LogP) is 3.54. The van der Waals surface area contributed by atoms with Crippen molar-refractivity contribution < 1.29 is 14.3 Å². The molecule has 0 fully saturated rings. The third kappa shape index (κ3) is 2.65. The molecule has 94 valence electrons. The number of hydrogen-bond acceptors (Lipinski definition) is 3. The van der Waals surface area contributed by atoms with Crippen molar-refractivity contribution in [1.29, 1.82) is 0 Å². The first-order chi connectivity index (χ1) is 8.58. The molecule has 4 nitrogen and oxygen atoms in total. The molecule has 0 radical (unpaired) electrons. The molecule has 1 amide bonds. The zero-order valence-electron chi connectivity index (χ0n) is 9.68. The van der Waals surface area contributed by atoms with Crippen LogP contribution in [0.1, 0.15) is 28.6 Å². The van der Waals surface area contributed by atoms with E-state index < -0.39 is 5.91 Å². The molecule has 2 N–H and O–H groups in total. The minimum atomic E-state index is -0.430. The molecule has 18 heavy (non-hydrogen) atoms. The minimum absolute atomic E-state index is 0.00309. The van der Waals surface area contributed by atoms with Gasteiger partial charge in [-0.3, -0.25) is 4.79 Å². The van der Waals surface area contributed by atoms with Crippen molar-refractivity contribution in [3.8, 4) is 5.75 Å². The lowest BCUT2D eigenvalue weighted by Gasteiger charge is -2.05. The van der Waals surface area contributed by atoms with E-state index in [1.54, 1.807) is 37.3 Å². The van der Waals surface area contributed by atoms with Gasteiger partial charge in [-0.15, -0.1) is 11.6 Å². The Morgan fingerprint density at radius 1 is 1.33 bits per heavy atom. The number of amides is 1. The van der Waals surface area contributed by atoms with Crippen LogP contribution in [0.5, 0.6) is 5.75 Å². The van der Waals surface area contributed by atoms with Crippen LogP contribution in [-0.2, 0) is 0 Å². The second-order valence-corrected chi connectivity index (χ2v) is 4.44. The summed E-state index contributed by atoms with van der Waals surface area (Å²) in [6.07, 6.45) is 0. The highest BCUT2D eigenvalue weighted by molar-refractivity contribution is 6.20. The van der Waals surface area contributed by atoms with Crippen molar-refractivity contribution in [2.24, 2.45) is 0 Å². The van der Waals surface area contributed by atoms with Gasteiger partial charge in [0.05, 0.1) is 11.1 Å². The molecule has 0 saturated carbocycles. The third-order valence-electron chi connectivity index (χ3n) is 2.39. The first-order valence-electron chi connectivity index (χ1n) is 5.41. The summed E-state index contributed by atoms with van der Waals surface area (Å²) < 4.78 is 5.29. The molecule has 1 heterocycles. The molecule has 2 rings (SSSR count). The van der Waals surface area contributed by atoms with E-state index in [1.165, 1.54) is 6.07 Å². The van der Waals surface area contributed by atoms with Gasteiger partial charge in [0.2, 0.25) is 0 Å². The van der Waals surface area contributed by atoms with E-state index in [-0.39, 0.29) is 16.9 Å². The highest BCUT2D eigenvalue weighted by atomic mass is 35.5. The number of alkyl halides is 1. The number of aromatic hydroxyl groups is 1. The molecule has 1 aromatic heterocycles. The fourth-order valence-corrected chi connectivity index (χ4v) is 1.57. The number of para-hydroxylation sites is 2. The SMILES string of the molecule is CC(Cl)c1ccc(C(=O)Nc2ccccc2O)o1. The Bertz CT molecular complexity index is 563. The van der Waals surface area contributed by atoms with E-state index in [4.69, 9.17) is 16.0 Å². The molecule has 2 aromatic rings. The quantitative estimate of drug-likeness (QED) is 0.659. The topological polar surface area (TPSA) is 62.5 Å². The number of anilines is 1. The summed E-state index contributed by atoms with van der Waals surface area (Å²) in [5, 5.41) is 11.8. The number of rotatable bonds is 3. The average molecular weight is 266 g/mol. The molecule has 1 unspecified atom stereocenters. The van der Waals surface area contributed by atoms with Gasteiger partial charge in [0.15, 0.2) is 5.76 Å². The Hall–Kier alpha value is -1.94. The van der Waals surface area contributed by atoms with Gasteiger partial charge in [0.1, 0.15) is 11.5 Å². The van der Waals surface area contributed by atoms with Crippen LogP contribution in [0.25, 0.3) is 0 Å². The molecule has 0 bridgehead atoms. The summed E-state index contributed by atoms with van der Waals surface area (Å²) in [5.41, 5.74) is 0.333. The van der Waals surface area contributed by atoms with Crippen molar-refractivity contribution in [2.75, 3.05) is 5.32 Å². The van der Waals surface area contributed by atoms with Crippen LogP contribution in [0, 0.1) is 0 Å². The lowest BCUT2D eigenvalue weighted by molar-refractivity contribution is 0.0994. The smallest absolute Gasteiger partial charge is 0.291 e. The van der Waals surface area contributed by atoms with E-state index in [0.29, 0.717) is 11.4 Å². The predicted molar refractivity (Wildman–Crippen MR) is 69.0 cm³/mol. The molecule has 0 spiro atoms. The van der Waals surface area contributed by atoms with E-state index in [0.717, 1.165) is 0 Å². The maximum absolute atomic E-state index is 11.8. The van der Waals surface area contributed by atoms with Gasteiger partial charge < -0.3 is 14.8 Å². The molecular weight excluding hydrogens is 254 g/mol. The number of phenolic OH excluding ortho intramolecular Hbond substituents is 1. The van der Waals surface area contributed by atoms with Crippen molar-refractivity contribution in [1.82, 2.24) is 0 Å². The third-order valence-corrected chi connectivity index (χ3v) is 2.61. The van der Waals surface area contributed by atoms with Gasteiger partial charge in [0, 0.05) is 0 Å². The number of hydrogen-bond donors (Lipinski definition) is 2. The number of carbonyl (C=O) groups excluding carboxylic acids is 1. The van der Waals surface area contributed by atoms with Crippen LogP contribution < -0.4 is 5.32 Å². The lowest BCUT2D eigenvalue weighted by Crippen LogP contribution is -2.10. The molecule has 0 aliphatic heterocycles. The summed E-state index contributed by atoms with van der Waals surface area (Å²) in [6, 6.07) is 9.67. The monoisotopic (exact) mass is 265 g/mol. The van der Waals surface area contributed by atoms with E-state index >= 15 is 0 Å². The van der Waals surface area contributed by atoms with Crippen LogP contribution in [0.4, 0.5) is 5.69 Å². The molecule has 0 saturated heterocycles. The Labute approximate surface area is 109 Å². The maximum Gasteiger partial charge on any atom is 0.291 e. The highest BCUT2D eigenvalue weighted by Gasteiger charge is 2.14. The summed E-state index contributed by atoms with van der Waals surface area (Å²) in [5.74, 6) is 0.253. The minimum Gasteiger partial charge on any atom is -0.506 e. The van der Waals surface area contributed by atoms with E-state index in [9.17, 15) is 9.90 Å².